The van der Waals surface area contributed by atoms with E-state index in [0.29, 0.717) is 6.61 Å². The smallest absolute Gasteiger partial charge is 0.250 e. The van der Waals surface area contributed by atoms with E-state index in [4.69, 9.17) is 4.74 Å². The van der Waals surface area contributed by atoms with Crippen molar-refractivity contribution < 1.29 is 9.53 Å². The number of ether oxygens (including phenoxy) is 1. The van der Waals surface area contributed by atoms with Gasteiger partial charge in [-0.2, -0.15) is 5.10 Å². The Morgan fingerprint density at radius 2 is 2.07 bits per heavy atom. The highest BCUT2D eigenvalue weighted by Gasteiger charge is 2.07. The molecule has 0 aliphatic rings. The molecule has 7 heteroatoms. The molecular formula is C20H21N3O2S2. The van der Waals surface area contributed by atoms with Gasteiger partial charge in [0.1, 0.15) is 5.75 Å². The van der Waals surface area contributed by atoms with E-state index in [9.17, 15) is 4.79 Å². The maximum absolute atomic E-state index is 12.0. The number of aromatic nitrogens is 1. The Balaban J connectivity index is 1.50. The molecule has 0 fully saturated rings. The van der Waals surface area contributed by atoms with E-state index in [1.807, 2.05) is 48.5 Å². The van der Waals surface area contributed by atoms with Gasteiger partial charge in [-0.15, -0.1) is 11.3 Å². The summed E-state index contributed by atoms with van der Waals surface area (Å²) < 4.78 is 7.76. The number of hydrazone groups is 1. The molecule has 0 unspecified atom stereocenters. The van der Waals surface area contributed by atoms with Crippen molar-refractivity contribution in [2.75, 3.05) is 12.4 Å². The summed E-state index contributed by atoms with van der Waals surface area (Å²) in [6.07, 6.45) is 3.70. The third kappa shape index (κ3) is 5.80. The molecule has 1 heterocycles. The van der Waals surface area contributed by atoms with Crippen LogP contribution in [0.4, 0.5) is 0 Å². The zero-order valence-electron chi connectivity index (χ0n) is 15.1. The highest BCUT2D eigenvalue weighted by atomic mass is 32.2. The number of hydrogen-bond donors (Lipinski definition) is 1. The van der Waals surface area contributed by atoms with Gasteiger partial charge in [-0.1, -0.05) is 49.4 Å². The first kappa shape index (κ1) is 19.4. The number of nitrogens with zero attached hydrogens (tertiary/aromatic N) is 2. The van der Waals surface area contributed by atoms with Gasteiger partial charge < -0.3 is 4.74 Å². The van der Waals surface area contributed by atoms with E-state index < -0.39 is 0 Å². The molecule has 27 heavy (non-hydrogen) atoms. The average molecular weight is 400 g/mol. The predicted octanol–water partition coefficient (Wildman–Crippen LogP) is 4.72. The van der Waals surface area contributed by atoms with Crippen LogP contribution in [0.2, 0.25) is 0 Å². The number of hydrogen-bond acceptors (Lipinski definition) is 6. The van der Waals surface area contributed by atoms with Crippen molar-refractivity contribution in [3.63, 3.8) is 0 Å². The summed E-state index contributed by atoms with van der Waals surface area (Å²) in [5.41, 5.74) is 4.36. The second-order valence-electron chi connectivity index (χ2n) is 5.77. The Morgan fingerprint density at radius 3 is 2.93 bits per heavy atom. The molecule has 3 rings (SSSR count). The van der Waals surface area contributed by atoms with Crippen LogP contribution in [0, 0.1) is 0 Å². The minimum Gasteiger partial charge on any atom is -0.493 e. The quantitative estimate of drug-likeness (QED) is 0.245. The summed E-state index contributed by atoms with van der Waals surface area (Å²) in [7, 11) is 0. The molecule has 0 aliphatic heterocycles. The van der Waals surface area contributed by atoms with Crippen LogP contribution in [0.1, 0.15) is 25.3 Å². The molecule has 0 spiro atoms. The third-order valence-corrected chi connectivity index (χ3v) is 5.85. The van der Waals surface area contributed by atoms with Crippen molar-refractivity contribution in [2.45, 2.75) is 24.1 Å². The maximum atomic E-state index is 12.0. The largest absolute Gasteiger partial charge is 0.493 e. The molecule has 140 valence electrons. The fraction of sp³-hybridized carbons (Fsp3) is 0.250. The third-order valence-electron chi connectivity index (χ3n) is 3.67. The van der Waals surface area contributed by atoms with Crippen molar-refractivity contribution in [3.05, 3.63) is 54.1 Å². The zero-order valence-corrected chi connectivity index (χ0v) is 16.7. The normalized spacial score (nSPS) is 11.1. The van der Waals surface area contributed by atoms with Crippen LogP contribution in [0.5, 0.6) is 5.75 Å². The standard InChI is InChI=1S/C20H21N3O2S2/c1-2-3-12-25-17-10-6-4-8-15(17)13-21-23-19(24)14-26-20-22-16-9-5-7-11-18(16)27-20/h4-11,13H,2-3,12,14H2,1H3,(H,23,24)/b21-13-. The van der Waals surface area contributed by atoms with Crippen molar-refractivity contribution in [1.82, 2.24) is 10.4 Å². The fourth-order valence-electron chi connectivity index (χ4n) is 2.29. The lowest BCUT2D eigenvalue weighted by atomic mass is 10.2. The summed E-state index contributed by atoms with van der Waals surface area (Å²) >= 11 is 3.00. The first-order valence-corrected chi connectivity index (χ1v) is 10.6. The van der Waals surface area contributed by atoms with Crippen molar-refractivity contribution in [1.29, 1.82) is 0 Å². The Kier molecular flexibility index (Phi) is 7.24. The molecule has 1 aromatic heterocycles. The van der Waals surface area contributed by atoms with E-state index in [1.165, 1.54) is 11.8 Å². The molecule has 0 radical (unpaired) electrons. The Bertz CT molecular complexity index is 891. The number of para-hydroxylation sites is 2. The lowest BCUT2D eigenvalue weighted by Gasteiger charge is -2.07. The van der Waals surface area contributed by atoms with E-state index in [2.05, 4.69) is 22.4 Å². The number of nitrogens with one attached hydrogen (secondary N) is 1. The van der Waals surface area contributed by atoms with Gasteiger partial charge in [0.25, 0.3) is 5.91 Å². The van der Waals surface area contributed by atoms with E-state index >= 15 is 0 Å². The highest BCUT2D eigenvalue weighted by Crippen LogP contribution is 2.29. The van der Waals surface area contributed by atoms with Gasteiger partial charge in [-0.05, 0) is 30.7 Å². The summed E-state index contributed by atoms with van der Waals surface area (Å²) in [5.74, 6) is 0.874. The summed E-state index contributed by atoms with van der Waals surface area (Å²) in [6.45, 7) is 2.80. The van der Waals surface area contributed by atoms with Crippen LogP contribution in [-0.4, -0.2) is 29.5 Å². The van der Waals surface area contributed by atoms with Crippen LogP contribution in [0.15, 0.2) is 58.0 Å². The van der Waals surface area contributed by atoms with Gasteiger partial charge in [-0.25, -0.2) is 10.4 Å². The molecule has 0 atom stereocenters. The van der Waals surface area contributed by atoms with Crippen LogP contribution < -0.4 is 10.2 Å². The van der Waals surface area contributed by atoms with Gasteiger partial charge in [0.2, 0.25) is 0 Å². The molecule has 3 aromatic rings. The molecule has 1 N–H and O–H groups in total. The number of carbonyl (C=O) groups excluding carboxylic acids is 1. The first-order chi connectivity index (χ1) is 13.3. The zero-order chi connectivity index (χ0) is 18.9. The molecule has 0 bridgehead atoms. The Labute approximate surface area is 166 Å². The van der Waals surface area contributed by atoms with Gasteiger partial charge in [-0.3, -0.25) is 4.79 Å². The van der Waals surface area contributed by atoms with E-state index in [-0.39, 0.29) is 11.7 Å². The molecule has 0 saturated carbocycles. The average Bonchev–Trinajstić information content (AvgIpc) is 3.11. The number of rotatable bonds is 9. The van der Waals surface area contributed by atoms with Gasteiger partial charge >= 0.3 is 0 Å². The SMILES string of the molecule is CCCCOc1ccccc1/C=N\NC(=O)CSc1nc2ccccc2s1. The number of benzene rings is 2. The summed E-state index contributed by atoms with van der Waals surface area (Å²) in [5, 5.41) is 4.05. The molecule has 0 aliphatic carbocycles. The van der Waals surface area contributed by atoms with Crippen LogP contribution >= 0.6 is 23.1 Å². The number of thiazole rings is 1. The number of unbranched alkanes of at least 4 members (excludes halogenated alkanes) is 1. The van der Waals surface area contributed by atoms with Crippen LogP contribution in [0.3, 0.4) is 0 Å². The monoisotopic (exact) mass is 399 g/mol. The molecule has 2 aromatic carbocycles. The van der Waals surface area contributed by atoms with Crippen molar-refractivity contribution in [2.24, 2.45) is 5.10 Å². The Hall–Kier alpha value is -2.38. The summed E-state index contributed by atoms with van der Waals surface area (Å²) in [6, 6.07) is 15.6. The minimum absolute atomic E-state index is 0.167. The lowest BCUT2D eigenvalue weighted by Crippen LogP contribution is -2.19. The lowest BCUT2D eigenvalue weighted by molar-refractivity contribution is -0.118. The first-order valence-electron chi connectivity index (χ1n) is 8.78. The van der Waals surface area contributed by atoms with Crippen LogP contribution in [-0.2, 0) is 4.79 Å². The maximum Gasteiger partial charge on any atom is 0.250 e. The highest BCUT2D eigenvalue weighted by molar-refractivity contribution is 8.01. The predicted molar refractivity (Wildman–Crippen MR) is 113 cm³/mol. The Morgan fingerprint density at radius 1 is 1.26 bits per heavy atom. The molecule has 0 saturated heterocycles. The van der Waals surface area contributed by atoms with Gasteiger partial charge in [0.05, 0.1) is 28.8 Å². The fourth-order valence-corrected chi connectivity index (χ4v) is 4.15. The molecule has 5 nitrogen and oxygen atoms in total. The topological polar surface area (TPSA) is 63.6 Å². The van der Waals surface area contributed by atoms with Crippen molar-refractivity contribution in [3.8, 4) is 5.75 Å². The molecular weight excluding hydrogens is 378 g/mol. The second-order valence-corrected chi connectivity index (χ2v) is 8.02. The van der Waals surface area contributed by atoms with E-state index in [1.54, 1.807) is 17.6 Å². The second kappa shape index (κ2) is 10.1. The molecule has 1 amide bonds. The number of fused-ring (bicyclic) bond motifs is 1. The number of carbonyl (C=O) groups is 1. The number of amides is 1. The van der Waals surface area contributed by atoms with Gasteiger partial charge in [0, 0.05) is 5.56 Å². The van der Waals surface area contributed by atoms with E-state index in [0.717, 1.165) is 38.7 Å². The summed E-state index contributed by atoms with van der Waals surface area (Å²) in [4.78, 5) is 16.5. The van der Waals surface area contributed by atoms with Gasteiger partial charge in [0.15, 0.2) is 4.34 Å². The number of thioether (sulfide) groups is 1. The van der Waals surface area contributed by atoms with Crippen molar-refractivity contribution >= 4 is 45.4 Å². The van der Waals surface area contributed by atoms with Crippen LogP contribution in [0.25, 0.3) is 10.2 Å². The minimum atomic E-state index is -0.167.